The van der Waals surface area contributed by atoms with Crippen molar-refractivity contribution in [3.8, 4) is 10.6 Å². The van der Waals surface area contributed by atoms with Crippen LogP contribution in [0.5, 0.6) is 0 Å². The summed E-state index contributed by atoms with van der Waals surface area (Å²) in [6, 6.07) is 18.6. The molecule has 26 heavy (non-hydrogen) atoms. The molecule has 6 heteroatoms. The van der Waals surface area contributed by atoms with Gasteiger partial charge in [0, 0.05) is 16.7 Å². The zero-order chi connectivity index (χ0) is 17.8. The second kappa shape index (κ2) is 7.85. The number of thioether (sulfide) groups is 1. The third-order valence-corrected chi connectivity index (χ3v) is 5.63. The Morgan fingerprint density at radius 3 is 2.62 bits per heavy atom. The molecule has 2 heterocycles. The standard InChI is InChI=1S/C20H17N3OS2/c1-14-7-9-16(10-8-14)19-21-17(12-25-19)13-26-20-23-22-18(24-20)11-15-5-3-2-4-6-15/h2-10,12H,11,13H2,1H3. The van der Waals surface area contributed by atoms with Gasteiger partial charge in [-0.25, -0.2) is 4.98 Å². The van der Waals surface area contributed by atoms with E-state index in [0.29, 0.717) is 17.5 Å². The predicted octanol–water partition coefficient (Wildman–Crippen LogP) is 5.38. The predicted molar refractivity (Wildman–Crippen MR) is 105 cm³/mol. The Balaban J connectivity index is 1.37. The number of benzene rings is 2. The first-order chi connectivity index (χ1) is 12.8. The molecule has 130 valence electrons. The summed E-state index contributed by atoms with van der Waals surface area (Å²) in [5.74, 6) is 1.35. The van der Waals surface area contributed by atoms with Gasteiger partial charge in [-0.1, -0.05) is 71.9 Å². The monoisotopic (exact) mass is 379 g/mol. The number of nitrogens with zero attached hydrogens (tertiary/aromatic N) is 3. The van der Waals surface area contributed by atoms with Gasteiger partial charge in [0.25, 0.3) is 5.22 Å². The highest BCUT2D eigenvalue weighted by Gasteiger charge is 2.10. The molecule has 0 spiro atoms. The van der Waals surface area contributed by atoms with Crippen LogP contribution in [0.4, 0.5) is 0 Å². The number of aromatic nitrogens is 3. The Labute approximate surface area is 160 Å². The van der Waals surface area contributed by atoms with Crippen LogP contribution >= 0.6 is 23.1 Å². The number of hydrogen-bond acceptors (Lipinski definition) is 6. The lowest BCUT2D eigenvalue weighted by Crippen LogP contribution is -1.87. The van der Waals surface area contributed by atoms with Gasteiger partial charge in [-0.05, 0) is 12.5 Å². The SMILES string of the molecule is Cc1ccc(-c2nc(CSc3nnc(Cc4ccccc4)o3)cs2)cc1. The van der Waals surface area contributed by atoms with Crippen molar-refractivity contribution in [2.45, 2.75) is 24.3 Å². The zero-order valence-corrected chi connectivity index (χ0v) is 15.9. The lowest BCUT2D eigenvalue weighted by atomic mass is 10.2. The highest BCUT2D eigenvalue weighted by atomic mass is 32.2. The molecule has 0 N–H and O–H groups in total. The van der Waals surface area contributed by atoms with Crippen LogP contribution in [0.25, 0.3) is 10.6 Å². The molecular formula is C20H17N3OS2. The van der Waals surface area contributed by atoms with Crippen molar-refractivity contribution in [3.63, 3.8) is 0 Å². The molecule has 4 rings (SSSR count). The van der Waals surface area contributed by atoms with Crippen LogP contribution in [0.3, 0.4) is 0 Å². The molecule has 2 aromatic heterocycles. The minimum Gasteiger partial charge on any atom is -0.416 e. The summed E-state index contributed by atoms with van der Waals surface area (Å²) in [5.41, 5.74) is 4.59. The largest absolute Gasteiger partial charge is 0.416 e. The van der Waals surface area contributed by atoms with Gasteiger partial charge in [0.05, 0.1) is 12.1 Å². The van der Waals surface area contributed by atoms with E-state index >= 15 is 0 Å². The van der Waals surface area contributed by atoms with E-state index < -0.39 is 0 Å². The molecule has 0 atom stereocenters. The summed E-state index contributed by atoms with van der Waals surface area (Å²) in [4.78, 5) is 4.71. The second-order valence-electron chi connectivity index (χ2n) is 5.92. The second-order valence-corrected chi connectivity index (χ2v) is 7.71. The Morgan fingerprint density at radius 1 is 1.00 bits per heavy atom. The van der Waals surface area contributed by atoms with Crippen LogP contribution in [-0.2, 0) is 12.2 Å². The Morgan fingerprint density at radius 2 is 1.81 bits per heavy atom. The Kier molecular flexibility index (Phi) is 5.13. The lowest BCUT2D eigenvalue weighted by Gasteiger charge is -1.97. The minimum atomic E-state index is 0.584. The number of aryl methyl sites for hydroxylation is 1. The summed E-state index contributed by atoms with van der Waals surface area (Å²) in [6.07, 6.45) is 0.655. The summed E-state index contributed by atoms with van der Waals surface area (Å²) in [5, 5.41) is 12.0. The minimum absolute atomic E-state index is 0.584. The molecule has 0 aliphatic heterocycles. The highest BCUT2D eigenvalue weighted by molar-refractivity contribution is 7.98. The number of rotatable bonds is 6. The maximum atomic E-state index is 5.73. The summed E-state index contributed by atoms with van der Waals surface area (Å²) >= 11 is 3.18. The van der Waals surface area contributed by atoms with Gasteiger partial charge in [0.2, 0.25) is 5.89 Å². The van der Waals surface area contributed by atoms with Crippen molar-refractivity contribution >= 4 is 23.1 Å². The normalized spacial score (nSPS) is 11.0. The van der Waals surface area contributed by atoms with Crippen LogP contribution in [0, 0.1) is 6.92 Å². The van der Waals surface area contributed by atoms with Gasteiger partial charge >= 0.3 is 0 Å². The summed E-state index contributed by atoms with van der Waals surface area (Å²) in [7, 11) is 0. The molecule has 2 aromatic carbocycles. The van der Waals surface area contributed by atoms with E-state index in [0.717, 1.165) is 27.6 Å². The van der Waals surface area contributed by atoms with Gasteiger partial charge in [0.1, 0.15) is 5.01 Å². The van der Waals surface area contributed by atoms with Crippen LogP contribution < -0.4 is 0 Å². The van der Waals surface area contributed by atoms with Gasteiger partial charge < -0.3 is 4.42 Å². The molecule has 4 nitrogen and oxygen atoms in total. The molecule has 0 unspecified atom stereocenters. The van der Waals surface area contributed by atoms with Gasteiger partial charge in [-0.2, -0.15) is 0 Å². The first-order valence-corrected chi connectivity index (χ1v) is 10.1. The molecule has 0 fully saturated rings. The van der Waals surface area contributed by atoms with E-state index in [1.54, 1.807) is 11.3 Å². The van der Waals surface area contributed by atoms with Crippen LogP contribution in [-0.4, -0.2) is 15.2 Å². The summed E-state index contributed by atoms with van der Waals surface area (Å²) < 4.78 is 5.73. The first kappa shape index (κ1) is 17.0. The molecule has 0 aliphatic rings. The molecular weight excluding hydrogens is 362 g/mol. The third kappa shape index (κ3) is 4.20. The molecule has 4 aromatic rings. The quantitative estimate of drug-likeness (QED) is 0.421. The Bertz CT molecular complexity index is 978. The van der Waals surface area contributed by atoms with Crippen molar-refractivity contribution in [3.05, 3.63) is 82.7 Å². The van der Waals surface area contributed by atoms with Crippen LogP contribution in [0.2, 0.25) is 0 Å². The van der Waals surface area contributed by atoms with Gasteiger partial charge in [0.15, 0.2) is 0 Å². The average molecular weight is 380 g/mol. The first-order valence-electron chi connectivity index (χ1n) is 8.27. The molecule has 0 amide bonds. The fraction of sp³-hybridized carbons (Fsp3) is 0.150. The molecule has 0 radical (unpaired) electrons. The Hall–Kier alpha value is -2.44. The van der Waals surface area contributed by atoms with E-state index in [2.05, 4.69) is 58.9 Å². The van der Waals surface area contributed by atoms with Crippen molar-refractivity contribution < 1.29 is 4.42 Å². The van der Waals surface area contributed by atoms with Crippen molar-refractivity contribution in [2.75, 3.05) is 0 Å². The average Bonchev–Trinajstić information content (AvgIpc) is 3.31. The van der Waals surface area contributed by atoms with E-state index in [1.165, 1.54) is 17.3 Å². The summed E-state index contributed by atoms with van der Waals surface area (Å²) in [6.45, 7) is 2.09. The fourth-order valence-corrected chi connectivity index (χ4v) is 4.08. The maximum Gasteiger partial charge on any atom is 0.276 e. The van der Waals surface area contributed by atoms with E-state index in [4.69, 9.17) is 9.40 Å². The van der Waals surface area contributed by atoms with Crippen LogP contribution in [0.15, 0.2) is 69.6 Å². The zero-order valence-electron chi connectivity index (χ0n) is 14.3. The lowest BCUT2D eigenvalue weighted by molar-refractivity contribution is 0.420. The molecule has 0 saturated heterocycles. The van der Waals surface area contributed by atoms with E-state index in [9.17, 15) is 0 Å². The van der Waals surface area contributed by atoms with Gasteiger partial charge in [-0.3, -0.25) is 0 Å². The fourth-order valence-electron chi connectivity index (χ4n) is 2.48. The van der Waals surface area contributed by atoms with Crippen molar-refractivity contribution in [2.24, 2.45) is 0 Å². The van der Waals surface area contributed by atoms with Crippen molar-refractivity contribution in [1.82, 2.24) is 15.2 Å². The smallest absolute Gasteiger partial charge is 0.276 e. The molecule has 0 aliphatic carbocycles. The maximum absolute atomic E-state index is 5.73. The van der Waals surface area contributed by atoms with E-state index in [1.807, 2.05) is 18.2 Å². The highest BCUT2D eigenvalue weighted by Crippen LogP contribution is 2.28. The number of thiazole rings is 1. The molecule has 0 saturated carbocycles. The molecule has 0 bridgehead atoms. The topological polar surface area (TPSA) is 51.8 Å². The van der Waals surface area contributed by atoms with Crippen molar-refractivity contribution in [1.29, 1.82) is 0 Å². The third-order valence-electron chi connectivity index (χ3n) is 3.84. The number of hydrogen-bond donors (Lipinski definition) is 0. The van der Waals surface area contributed by atoms with Gasteiger partial charge in [-0.15, -0.1) is 21.5 Å². The van der Waals surface area contributed by atoms with Crippen LogP contribution in [0.1, 0.15) is 22.7 Å². The van der Waals surface area contributed by atoms with E-state index in [-0.39, 0.29) is 0 Å².